The molecule has 1 aliphatic carbocycles. The Hall–Kier alpha value is -1.78. The molecule has 1 aliphatic heterocycles. The summed E-state index contributed by atoms with van der Waals surface area (Å²) < 4.78 is 0. The van der Waals surface area contributed by atoms with Crippen molar-refractivity contribution in [2.45, 2.75) is 19.3 Å². The lowest BCUT2D eigenvalue weighted by Gasteiger charge is -2.21. The summed E-state index contributed by atoms with van der Waals surface area (Å²) in [5, 5.41) is 0. The van der Waals surface area contributed by atoms with Crippen LogP contribution in [0.25, 0.3) is 0 Å². The number of hydrogen-bond donors (Lipinski definition) is 1. The molecule has 2 fully saturated rings. The summed E-state index contributed by atoms with van der Waals surface area (Å²) in [6.45, 7) is 2.81. The fourth-order valence-electron chi connectivity index (χ4n) is 2.56. The molecule has 1 saturated carbocycles. The van der Waals surface area contributed by atoms with E-state index in [1.54, 1.807) is 12.3 Å². The molecule has 0 aromatic carbocycles. The topological polar surface area (TPSA) is 56.4 Å². The van der Waals surface area contributed by atoms with Crippen molar-refractivity contribution >= 4 is 11.8 Å². The van der Waals surface area contributed by atoms with Crippen molar-refractivity contribution in [1.82, 2.24) is 14.8 Å². The number of hydrogen-bond acceptors (Lipinski definition) is 2. The van der Waals surface area contributed by atoms with Gasteiger partial charge in [0.1, 0.15) is 5.69 Å². The van der Waals surface area contributed by atoms with Gasteiger partial charge in [0.2, 0.25) is 5.91 Å². The third-order valence-corrected chi connectivity index (χ3v) is 3.85. The quantitative estimate of drug-likeness (QED) is 0.866. The standard InChI is InChI=1S/C14H19N3O2/c18-13(11-4-5-11)16-7-2-8-17(10-9-16)14(19)12-3-1-6-15-12/h1,3,6,11,15H,2,4-5,7-10H2. The highest BCUT2D eigenvalue weighted by atomic mass is 16.2. The number of H-pyrrole nitrogens is 1. The highest BCUT2D eigenvalue weighted by Crippen LogP contribution is 2.31. The van der Waals surface area contributed by atoms with E-state index < -0.39 is 0 Å². The first kappa shape index (κ1) is 12.3. The zero-order valence-corrected chi connectivity index (χ0v) is 11.0. The number of nitrogens with one attached hydrogen (secondary N) is 1. The molecule has 19 heavy (non-hydrogen) atoms. The first-order chi connectivity index (χ1) is 9.25. The van der Waals surface area contributed by atoms with Crippen LogP contribution in [0.5, 0.6) is 0 Å². The average molecular weight is 261 g/mol. The van der Waals surface area contributed by atoms with E-state index in [1.807, 2.05) is 15.9 Å². The molecule has 0 bridgehead atoms. The van der Waals surface area contributed by atoms with Gasteiger partial charge in [-0.25, -0.2) is 0 Å². The minimum absolute atomic E-state index is 0.0331. The van der Waals surface area contributed by atoms with E-state index >= 15 is 0 Å². The van der Waals surface area contributed by atoms with E-state index in [-0.39, 0.29) is 17.7 Å². The molecule has 2 heterocycles. The van der Waals surface area contributed by atoms with Gasteiger partial charge in [-0.05, 0) is 31.4 Å². The lowest BCUT2D eigenvalue weighted by Crippen LogP contribution is -2.38. The van der Waals surface area contributed by atoms with Gasteiger partial charge in [0, 0.05) is 38.3 Å². The minimum atomic E-state index is 0.0331. The third kappa shape index (κ3) is 2.64. The van der Waals surface area contributed by atoms with Gasteiger partial charge in [0.05, 0.1) is 0 Å². The molecule has 5 nitrogen and oxygen atoms in total. The van der Waals surface area contributed by atoms with E-state index in [9.17, 15) is 9.59 Å². The molecule has 2 amide bonds. The van der Waals surface area contributed by atoms with Crippen molar-refractivity contribution in [3.8, 4) is 0 Å². The number of aromatic nitrogens is 1. The molecule has 0 unspecified atom stereocenters. The van der Waals surface area contributed by atoms with Crippen molar-refractivity contribution in [3.05, 3.63) is 24.0 Å². The number of carbonyl (C=O) groups is 2. The van der Waals surface area contributed by atoms with Crippen LogP contribution in [-0.4, -0.2) is 52.8 Å². The van der Waals surface area contributed by atoms with Crippen LogP contribution in [0.1, 0.15) is 29.8 Å². The molecular weight excluding hydrogens is 242 g/mol. The molecular formula is C14H19N3O2. The summed E-state index contributed by atoms with van der Waals surface area (Å²) in [7, 11) is 0. The van der Waals surface area contributed by atoms with Gasteiger partial charge in [-0.2, -0.15) is 0 Å². The van der Waals surface area contributed by atoms with Gasteiger partial charge in [-0.1, -0.05) is 0 Å². The van der Waals surface area contributed by atoms with E-state index in [0.29, 0.717) is 18.8 Å². The van der Waals surface area contributed by atoms with Crippen molar-refractivity contribution in [2.75, 3.05) is 26.2 Å². The molecule has 0 spiro atoms. The number of nitrogens with zero attached hydrogens (tertiary/aromatic N) is 2. The van der Waals surface area contributed by atoms with Gasteiger partial charge in [-0.15, -0.1) is 0 Å². The highest BCUT2D eigenvalue weighted by molar-refractivity contribution is 5.92. The Morgan fingerprint density at radius 3 is 2.53 bits per heavy atom. The van der Waals surface area contributed by atoms with E-state index in [1.165, 1.54) is 0 Å². The summed E-state index contributed by atoms with van der Waals surface area (Å²) in [4.78, 5) is 31.0. The number of rotatable bonds is 2. The largest absolute Gasteiger partial charge is 0.357 e. The summed E-state index contributed by atoms with van der Waals surface area (Å²) >= 11 is 0. The Balaban J connectivity index is 1.61. The van der Waals surface area contributed by atoms with Crippen LogP contribution in [-0.2, 0) is 4.79 Å². The Kier molecular flexibility index (Phi) is 3.27. The lowest BCUT2D eigenvalue weighted by molar-refractivity contribution is -0.132. The van der Waals surface area contributed by atoms with Crippen molar-refractivity contribution in [3.63, 3.8) is 0 Å². The van der Waals surface area contributed by atoms with Crippen LogP contribution in [0.2, 0.25) is 0 Å². The van der Waals surface area contributed by atoms with Crippen LogP contribution in [0.15, 0.2) is 18.3 Å². The molecule has 1 aromatic rings. The minimum Gasteiger partial charge on any atom is -0.357 e. The Morgan fingerprint density at radius 1 is 1.11 bits per heavy atom. The van der Waals surface area contributed by atoms with Crippen LogP contribution in [0, 0.1) is 5.92 Å². The second-order valence-electron chi connectivity index (χ2n) is 5.33. The fourth-order valence-corrected chi connectivity index (χ4v) is 2.56. The highest BCUT2D eigenvalue weighted by Gasteiger charge is 2.34. The van der Waals surface area contributed by atoms with Crippen molar-refractivity contribution in [1.29, 1.82) is 0 Å². The Bertz CT molecular complexity index is 465. The first-order valence-electron chi connectivity index (χ1n) is 6.97. The molecule has 2 aliphatic rings. The second-order valence-corrected chi connectivity index (χ2v) is 5.33. The van der Waals surface area contributed by atoms with Crippen LogP contribution < -0.4 is 0 Å². The molecule has 0 atom stereocenters. The van der Waals surface area contributed by atoms with Crippen molar-refractivity contribution in [2.24, 2.45) is 5.92 Å². The molecule has 1 saturated heterocycles. The maximum Gasteiger partial charge on any atom is 0.270 e. The third-order valence-electron chi connectivity index (χ3n) is 3.85. The van der Waals surface area contributed by atoms with E-state index in [2.05, 4.69) is 4.98 Å². The maximum atomic E-state index is 12.2. The summed E-state index contributed by atoms with van der Waals surface area (Å²) in [6.07, 6.45) is 4.71. The monoisotopic (exact) mass is 261 g/mol. The molecule has 0 radical (unpaired) electrons. The zero-order chi connectivity index (χ0) is 13.2. The Labute approximate surface area is 112 Å². The first-order valence-corrected chi connectivity index (χ1v) is 6.97. The van der Waals surface area contributed by atoms with Gasteiger partial charge in [-0.3, -0.25) is 9.59 Å². The molecule has 3 rings (SSSR count). The number of carbonyl (C=O) groups excluding carboxylic acids is 2. The summed E-state index contributed by atoms with van der Waals surface area (Å²) in [5.41, 5.74) is 0.627. The predicted octanol–water partition coefficient (Wildman–Crippen LogP) is 1.10. The van der Waals surface area contributed by atoms with Gasteiger partial charge in [0.15, 0.2) is 0 Å². The van der Waals surface area contributed by atoms with Gasteiger partial charge in [0.25, 0.3) is 5.91 Å². The van der Waals surface area contributed by atoms with Crippen LogP contribution >= 0.6 is 0 Å². The van der Waals surface area contributed by atoms with E-state index in [0.717, 1.165) is 32.4 Å². The molecule has 102 valence electrons. The van der Waals surface area contributed by atoms with Crippen LogP contribution in [0.3, 0.4) is 0 Å². The Morgan fingerprint density at radius 2 is 1.84 bits per heavy atom. The second kappa shape index (κ2) is 5.07. The molecule has 1 N–H and O–H groups in total. The summed E-state index contributed by atoms with van der Waals surface area (Å²) in [5.74, 6) is 0.588. The van der Waals surface area contributed by atoms with Crippen molar-refractivity contribution < 1.29 is 9.59 Å². The lowest BCUT2D eigenvalue weighted by atomic mass is 10.3. The van der Waals surface area contributed by atoms with E-state index in [4.69, 9.17) is 0 Å². The summed E-state index contributed by atoms with van der Waals surface area (Å²) in [6, 6.07) is 3.62. The maximum absolute atomic E-state index is 12.2. The van der Waals surface area contributed by atoms with Crippen LogP contribution in [0.4, 0.5) is 0 Å². The fraction of sp³-hybridized carbons (Fsp3) is 0.571. The number of aromatic amines is 1. The predicted molar refractivity (Wildman–Crippen MR) is 70.6 cm³/mol. The molecule has 1 aromatic heterocycles. The average Bonchev–Trinajstić information content (AvgIpc) is 3.18. The smallest absolute Gasteiger partial charge is 0.270 e. The zero-order valence-electron chi connectivity index (χ0n) is 11.0. The molecule has 5 heteroatoms. The number of amides is 2. The SMILES string of the molecule is O=C(c1ccc[nH]1)N1CCCN(C(=O)C2CC2)CC1. The van der Waals surface area contributed by atoms with Gasteiger partial charge >= 0.3 is 0 Å². The van der Waals surface area contributed by atoms with Gasteiger partial charge < -0.3 is 14.8 Å². The normalized spacial score (nSPS) is 20.2.